The number of hydrogen-bond acceptors (Lipinski definition) is 2. The Balaban J connectivity index is 1.53. The smallest absolute Gasteiger partial charge is 0.416 e. The van der Waals surface area contributed by atoms with Crippen LogP contribution in [0.2, 0.25) is 0 Å². The molecule has 2 unspecified atom stereocenters. The topological polar surface area (TPSA) is 38.3 Å². The van der Waals surface area contributed by atoms with E-state index in [2.05, 4.69) is 5.32 Å². The maximum absolute atomic E-state index is 13.1. The molecule has 3 rings (SSSR count). The van der Waals surface area contributed by atoms with E-state index in [0.717, 1.165) is 17.4 Å². The number of nitrogens with one attached hydrogen (secondary N) is 1. The highest BCUT2D eigenvalue weighted by Crippen LogP contribution is 2.50. The van der Waals surface area contributed by atoms with Crippen molar-refractivity contribution in [2.75, 3.05) is 13.7 Å². The van der Waals surface area contributed by atoms with Crippen molar-refractivity contribution < 1.29 is 22.7 Å². The zero-order chi connectivity index (χ0) is 18.7. The normalized spacial score (nSPS) is 19.1. The molecule has 0 heterocycles. The summed E-state index contributed by atoms with van der Waals surface area (Å²) in [6.07, 6.45) is -3.28. The van der Waals surface area contributed by atoms with Gasteiger partial charge in [-0.05, 0) is 48.1 Å². The van der Waals surface area contributed by atoms with E-state index in [-0.39, 0.29) is 23.3 Å². The van der Waals surface area contributed by atoms with Gasteiger partial charge >= 0.3 is 6.18 Å². The summed E-state index contributed by atoms with van der Waals surface area (Å²) in [4.78, 5) is 12.2. The summed E-state index contributed by atoms with van der Waals surface area (Å²) in [5.41, 5.74) is 0.634. The lowest BCUT2D eigenvalue weighted by atomic mass is 10.0. The van der Waals surface area contributed by atoms with Gasteiger partial charge in [0, 0.05) is 12.5 Å². The van der Waals surface area contributed by atoms with E-state index in [1.807, 2.05) is 24.3 Å². The van der Waals surface area contributed by atoms with Gasteiger partial charge in [0.1, 0.15) is 5.75 Å². The van der Waals surface area contributed by atoms with Crippen LogP contribution in [-0.2, 0) is 17.4 Å². The molecule has 1 fully saturated rings. The quantitative estimate of drug-likeness (QED) is 0.836. The number of rotatable bonds is 6. The molecule has 0 aliphatic heterocycles. The van der Waals surface area contributed by atoms with E-state index < -0.39 is 11.7 Å². The molecule has 26 heavy (non-hydrogen) atoms. The lowest BCUT2D eigenvalue weighted by Crippen LogP contribution is -2.27. The predicted octanol–water partition coefficient (Wildman–Crippen LogP) is 4.18. The number of carbonyl (C=O) groups is 1. The minimum atomic E-state index is -4.39. The number of carbonyl (C=O) groups excluding carboxylic acids is 1. The first-order valence-corrected chi connectivity index (χ1v) is 8.47. The fraction of sp³-hybridized carbons (Fsp3) is 0.350. The average molecular weight is 363 g/mol. The van der Waals surface area contributed by atoms with Crippen LogP contribution in [0.25, 0.3) is 0 Å². The Morgan fingerprint density at radius 3 is 2.50 bits per heavy atom. The number of halogens is 3. The summed E-state index contributed by atoms with van der Waals surface area (Å²) in [5.74, 6) is -0.148. The van der Waals surface area contributed by atoms with Gasteiger partial charge in [0.15, 0.2) is 0 Å². The molecule has 1 aliphatic carbocycles. The fourth-order valence-corrected chi connectivity index (χ4v) is 3.16. The van der Waals surface area contributed by atoms with E-state index in [0.29, 0.717) is 19.4 Å². The molecule has 6 heteroatoms. The van der Waals surface area contributed by atoms with Crippen LogP contribution in [-0.4, -0.2) is 19.6 Å². The summed E-state index contributed by atoms with van der Waals surface area (Å²) < 4.78 is 44.4. The van der Waals surface area contributed by atoms with Gasteiger partial charge in [-0.25, -0.2) is 0 Å². The molecule has 138 valence electrons. The van der Waals surface area contributed by atoms with Gasteiger partial charge in [-0.1, -0.05) is 30.3 Å². The molecule has 0 aromatic heterocycles. The Bertz CT molecular complexity index is 771. The van der Waals surface area contributed by atoms with Crippen molar-refractivity contribution in [2.24, 2.45) is 5.92 Å². The minimum Gasteiger partial charge on any atom is -0.497 e. The van der Waals surface area contributed by atoms with Crippen LogP contribution >= 0.6 is 0 Å². The van der Waals surface area contributed by atoms with Crippen LogP contribution in [0.5, 0.6) is 5.75 Å². The molecule has 1 aliphatic rings. The largest absolute Gasteiger partial charge is 0.497 e. The molecular formula is C20H20F3NO2. The number of ether oxygens (including phenoxy) is 1. The van der Waals surface area contributed by atoms with Crippen molar-refractivity contribution in [2.45, 2.75) is 24.9 Å². The Labute approximate surface area is 150 Å². The first kappa shape index (κ1) is 18.3. The number of methoxy groups -OCH3 is 1. The molecule has 2 aromatic carbocycles. The molecule has 0 bridgehead atoms. The Morgan fingerprint density at radius 1 is 1.15 bits per heavy atom. The van der Waals surface area contributed by atoms with Crippen molar-refractivity contribution in [3.8, 4) is 5.75 Å². The number of alkyl halides is 3. The van der Waals surface area contributed by atoms with Crippen molar-refractivity contribution in [3.63, 3.8) is 0 Å². The fourth-order valence-electron chi connectivity index (χ4n) is 3.16. The number of hydrogen-bond donors (Lipinski definition) is 1. The van der Waals surface area contributed by atoms with E-state index in [1.54, 1.807) is 13.2 Å². The van der Waals surface area contributed by atoms with Gasteiger partial charge in [0.25, 0.3) is 0 Å². The third-order valence-corrected chi connectivity index (χ3v) is 4.66. The minimum absolute atomic E-state index is 0.180. The Hall–Kier alpha value is -2.50. The van der Waals surface area contributed by atoms with Gasteiger partial charge < -0.3 is 10.1 Å². The summed E-state index contributed by atoms with van der Waals surface area (Å²) in [6.45, 7) is 0.454. The summed E-state index contributed by atoms with van der Waals surface area (Å²) >= 11 is 0. The molecule has 1 N–H and O–H groups in total. The molecule has 1 saturated carbocycles. The number of benzene rings is 2. The van der Waals surface area contributed by atoms with Crippen LogP contribution in [0.3, 0.4) is 0 Å². The maximum Gasteiger partial charge on any atom is 0.416 e. The van der Waals surface area contributed by atoms with Crippen molar-refractivity contribution >= 4 is 5.91 Å². The van der Waals surface area contributed by atoms with Gasteiger partial charge in [-0.15, -0.1) is 0 Å². The van der Waals surface area contributed by atoms with Crippen LogP contribution in [0.4, 0.5) is 13.2 Å². The average Bonchev–Trinajstić information content (AvgIpc) is 3.42. The molecule has 2 atom stereocenters. The molecule has 0 spiro atoms. The third-order valence-electron chi connectivity index (χ3n) is 4.66. The zero-order valence-corrected chi connectivity index (χ0v) is 14.3. The molecule has 0 radical (unpaired) electrons. The number of amides is 1. The van der Waals surface area contributed by atoms with Gasteiger partial charge in [0.05, 0.1) is 12.7 Å². The van der Waals surface area contributed by atoms with Crippen LogP contribution in [0, 0.1) is 5.92 Å². The zero-order valence-electron chi connectivity index (χ0n) is 14.3. The van der Waals surface area contributed by atoms with E-state index in [4.69, 9.17) is 4.74 Å². The first-order valence-electron chi connectivity index (χ1n) is 8.47. The lowest BCUT2D eigenvalue weighted by Gasteiger charge is -2.12. The van der Waals surface area contributed by atoms with E-state index in [9.17, 15) is 18.0 Å². The lowest BCUT2D eigenvalue weighted by molar-refractivity contribution is -0.138. The van der Waals surface area contributed by atoms with Gasteiger partial charge in [-0.2, -0.15) is 13.2 Å². The van der Waals surface area contributed by atoms with Crippen LogP contribution < -0.4 is 10.1 Å². The van der Waals surface area contributed by atoms with Crippen molar-refractivity contribution in [3.05, 3.63) is 65.2 Å². The van der Waals surface area contributed by atoms with Crippen molar-refractivity contribution in [1.82, 2.24) is 5.32 Å². The highest BCUT2D eigenvalue weighted by atomic mass is 19.4. The second-order valence-electron chi connectivity index (χ2n) is 6.42. The Morgan fingerprint density at radius 2 is 1.85 bits per heavy atom. The summed E-state index contributed by atoms with van der Waals surface area (Å²) in [6, 6.07) is 13.0. The maximum atomic E-state index is 13.1. The van der Waals surface area contributed by atoms with E-state index in [1.165, 1.54) is 12.1 Å². The molecule has 1 amide bonds. The van der Waals surface area contributed by atoms with Gasteiger partial charge in [0.2, 0.25) is 5.91 Å². The van der Waals surface area contributed by atoms with Crippen LogP contribution in [0.15, 0.2) is 48.5 Å². The van der Waals surface area contributed by atoms with Crippen molar-refractivity contribution in [1.29, 1.82) is 0 Å². The standard InChI is InChI=1S/C20H20F3NO2/c1-26-14-8-6-13(7-9-14)10-11-24-19(25)17-12-16(17)15-4-2-3-5-18(15)20(21,22)23/h2-9,16-17H,10-12H2,1H3,(H,24,25). The van der Waals surface area contributed by atoms with Gasteiger partial charge in [-0.3, -0.25) is 4.79 Å². The Kier molecular flexibility index (Phi) is 5.20. The highest BCUT2D eigenvalue weighted by molar-refractivity contribution is 5.83. The summed E-state index contributed by atoms with van der Waals surface area (Å²) in [5, 5.41) is 2.83. The van der Waals surface area contributed by atoms with E-state index >= 15 is 0 Å². The van der Waals surface area contributed by atoms with Crippen LogP contribution in [0.1, 0.15) is 29.0 Å². The SMILES string of the molecule is COc1ccc(CCNC(=O)C2CC2c2ccccc2C(F)(F)F)cc1. The first-order chi connectivity index (χ1) is 12.4. The summed E-state index contributed by atoms with van der Waals surface area (Å²) in [7, 11) is 1.60. The molecule has 0 saturated heterocycles. The predicted molar refractivity (Wildman–Crippen MR) is 92.0 cm³/mol. The molecular weight excluding hydrogens is 343 g/mol. The second-order valence-corrected chi connectivity index (χ2v) is 6.42. The second kappa shape index (κ2) is 7.40. The molecule has 3 nitrogen and oxygen atoms in total. The third kappa shape index (κ3) is 4.18. The monoisotopic (exact) mass is 363 g/mol. The molecule has 2 aromatic rings. The highest BCUT2D eigenvalue weighted by Gasteiger charge is 2.47.